The predicted octanol–water partition coefficient (Wildman–Crippen LogP) is 8.18. The van der Waals surface area contributed by atoms with Gasteiger partial charge in [0.05, 0.1) is 18.1 Å². The molecule has 4 heteroatoms. The Hall–Kier alpha value is -1.97. The van der Waals surface area contributed by atoms with E-state index in [1.807, 2.05) is 6.07 Å². The highest BCUT2D eigenvalue weighted by atomic mass is 19.1. The maximum absolute atomic E-state index is 15.5. The van der Waals surface area contributed by atoms with Crippen molar-refractivity contribution in [3.8, 4) is 0 Å². The average molecular weight is 443 g/mol. The Morgan fingerprint density at radius 3 is 2.56 bits per heavy atom. The van der Waals surface area contributed by atoms with Crippen LogP contribution < -0.4 is 0 Å². The van der Waals surface area contributed by atoms with Gasteiger partial charge >= 0.3 is 5.97 Å². The number of halogens is 2. The molecule has 2 aromatic rings. The van der Waals surface area contributed by atoms with Crippen LogP contribution in [-0.4, -0.2) is 13.1 Å². The number of hydrogen-bond acceptors (Lipinski definition) is 2. The van der Waals surface area contributed by atoms with Crippen LogP contribution in [0.2, 0.25) is 0 Å². The quantitative estimate of drug-likeness (QED) is 0.319. The first-order valence-electron chi connectivity index (χ1n) is 12.5. The third-order valence-corrected chi connectivity index (χ3v) is 8.08. The Kier molecular flexibility index (Phi) is 7.48. The zero-order valence-corrected chi connectivity index (χ0v) is 19.5. The summed E-state index contributed by atoms with van der Waals surface area (Å²) in [6, 6.07) is 6.15. The molecule has 2 aliphatic rings. The zero-order chi connectivity index (χ0) is 22.7. The smallest absolute Gasteiger partial charge is 0.337 e. The fourth-order valence-electron chi connectivity index (χ4n) is 6.33. The molecule has 2 aromatic carbocycles. The molecule has 0 spiro atoms. The van der Waals surface area contributed by atoms with Gasteiger partial charge in [0, 0.05) is 0 Å². The number of carbonyl (C=O) groups excluding carboxylic acids is 1. The van der Waals surface area contributed by atoms with Gasteiger partial charge < -0.3 is 4.74 Å². The second-order valence-corrected chi connectivity index (χ2v) is 10.1. The number of hydrogen-bond donors (Lipinski definition) is 0. The molecular formula is C28H36F2O2. The molecule has 0 amide bonds. The Morgan fingerprint density at radius 2 is 1.78 bits per heavy atom. The summed E-state index contributed by atoms with van der Waals surface area (Å²) >= 11 is 0. The van der Waals surface area contributed by atoms with Crippen molar-refractivity contribution in [1.29, 1.82) is 0 Å². The Balaban J connectivity index is 1.45. The van der Waals surface area contributed by atoms with Gasteiger partial charge in [0.25, 0.3) is 0 Å². The number of ether oxygens (including phenoxy) is 1. The van der Waals surface area contributed by atoms with E-state index in [0.717, 1.165) is 37.2 Å². The molecule has 0 radical (unpaired) electrons. The fraction of sp³-hybridized carbons (Fsp3) is 0.607. The largest absolute Gasteiger partial charge is 0.465 e. The van der Waals surface area contributed by atoms with Crippen LogP contribution in [0, 0.1) is 29.4 Å². The van der Waals surface area contributed by atoms with Gasteiger partial charge in [-0.05, 0) is 78.9 Å². The minimum Gasteiger partial charge on any atom is -0.465 e. The number of benzene rings is 2. The molecule has 2 nitrogen and oxygen atoms in total. The molecule has 174 valence electrons. The van der Waals surface area contributed by atoms with Crippen molar-refractivity contribution in [2.75, 3.05) is 7.11 Å². The van der Waals surface area contributed by atoms with Crippen molar-refractivity contribution in [2.24, 2.45) is 17.8 Å². The highest BCUT2D eigenvalue weighted by Crippen LogP contribution is 2.49. The SMILES string of the molecule is CCCCCCC1CC[C@@H]2CC(c3ccc4cc(C(=O)OC)cc(F)c4c3F)CC[C@H]2C1. The van der Waals surface area contributed by atoms with Crippen molar-refractivity contribution < 1.29 is 18.3 Å². The molecule has 0 N–H and O–H groups in total. The summed E-state index contributed by atoms with van der Waals surface area (Å²) in [5.41, 5.74) is 0.749. The summed E-state index contributed by atoms with van der Waals surface area (Å²) in [6.07, 6.45) is 13.8. The molecule has 0 aromatic heterocycles. The molecule has 4 atom stereocenters. The van der Waals surface area contributed by atoms with Crippen LogP contribution in [0.4, 0.5) is 8.78 Å². The van der Waals surface area contributed by atoms with Crippen molar-refractivity contribution >= 4 is 16.7 Å². The maximum Gasteiger partial charge on any atom is 0.337 e. The van der Waals surface area contributed by atoms with E-state index in [0.29, 0.717) is 16.9 Å². The lowest BCUT2D eigenvalue weighted by molar-refractivity contribution is 0.0600. The number of unbranched alkanes of at least 4 members (excludes halogenated alkanes) is 3. The van der Waals surface area contributed by atoms with Crippen LogP contribution in [0.5, 0.6) is 0 Å². The molecule has 4 rings (SSSR count). The van der Waals surface area contributed by atoms with Gasteiger partial charge in [0.15, 0.2) is 0 Å². The molecule has 0 bridgehead atoms. The molecule has 2 saturated carbocycles. The molecule has 2 aliphatic carbocycles. The monoisotopic (exact) mass is 442 g/mol. The van der Waals surface area contributed by atoms with E-state index in [1.54, 1.807) is 6.07 Å². The first-order valence-corrected chi connectivity index (χ1v) is 12.5. The number of rotatable bonds is 7. The molecule has 0 heterocycles. The summed E-state index contributed by atoms with van der Waals surface area (Å²) in [7, 11) is 1.25. The topological polar surface area (TPSA) is 26.3 Å². The normalized spacial score (nSPS) is 25.5. The van der Waals surface area contributed by atoms with E-state index < -0.39 is 17.6 Å². The number of methoxy groups -OCH3 is 1. The molecular weight excluding hydrogens is 406 g/mol. The van der Waals surface area contributed by atoms with E-state index >= 15 is 4.39 Å². The second-order valence-electron chi connectivity index (χ2n) is 10.1. The standard InChI is InChI=1S/C28H36F2O2/c1-3-4-5-6-7-18-8-9-20-15-21(11-10-19(20)14-18)24-13-12-22-16-23(28(31)32-2)17-25(29)26(22)27(24)30/h12-13,16-21H,3-11,14-15H2,1-2H3/t18?,19-,20+,21?/m0/s1. The summed E-state index contributed by atoms with van der Waals surface area (Å²) < 4.78 is 34.9. The van der Waals surface area contributed by atoms with Gasteiger partial charge in [-0.15, -0.1) is 0 Å². The number of carbonyl (C=O) groups is 1. The van der Waals surface area contributed by atoms with Crippen molar-refractivity contribution in [1.82, 2.24) is 0 Å². The van der Waals surface area contributed by atoms with Crippen molar-refractivity contribution in [3.05, 3.63) is 47.0 Å². The molecule has 2 fully saturated rings. The van der Waals surface area contributed by atoms with Gasteiger partial charge in [0.1, 0.15) is 11.6 Å². The van der Waals surface area contributed by atoms with E-state index in [4.69, 9.17) is 0 Å². The minimum absolute atomic E-state index is 0.00642. The third kappa shape index (κ3) is 4.84. The first kappa shape index (κ1) is 23.2. The van der Waals surface area contributed by atoms with Gasteiger partial charge in [-0.25, -0.2) is 13.6 Å². The van der Waals surface area contributed by atoms with Crippen LogP contribution in [0.3, 0.4) is 0 Å². The molecule has 0 saturated heterocycles. The highest BCUT2D eigenvalue weighted by molar-refractivity contribution is 5.96. The highest BCUT2D eigenvalue weighted by Gasteiger charge is 2.36. The number of esters is 1. The summed E-state index contributed by atoms with van der Waals surface area (Å²) in [5, 5.41) is 0.400. The van der Waals surface area contributed by atoms with Gasteiger partial charge in [-0.3, -0.25) is 0 Å². The number of fused-ring (bicyclic) bond motifs is 2. The van der Waals surface area contributed by atoms with E-state index in [-0.39, 0.29) is 16.9 Å². The Labute approximate surface area is 190 Å². The molecule has 2 unspecified atom stereocenters. The molecule has 0 aliphatic heterocycles. The third-order valence-electron chi connectivity index (χ3n) is 8.08. The summed E-state index contributed by atoms with van der Waals surface area (Å²) in [6.45, 7) is 2.26. The van der Waals surface area contributed by atoms with Crippen molar-refractivity contribution in [3.63, 3.8) is 0 Å². The van der Waals surface area contributed by atoms with Gasteiger partial charge in [0.2, 0.25) is 0 Å². The van der Waals surface area contributed by atoms with Crippen molar-refractivity contribution in [2.45, 2.75) is 83.5 Å². The van der Waals surface area contributed by atoms with Crippen LogP contribution in [0.1, 0.15) is 99.4 Å². The minimum atomic E-state index is -0.695. The van der Waals surface area contributed by atoms with E-state index in [1.165, 1.54) is 64.5 Å². The van der Waals surface area contributed by atoms with Crippen LogP contribution in [0.15, 0.2) is 24.3 Å². The average Bonchev–Trinajstić information content (AvgIpc) is 2.81. The van der Waals surface area contributed by atoms with E-state index in [2.05, 4.69) is 11.7 Å². The fourth-order valence-corrected chi connectivity index (χ4v) is 6.33. The Bertz CT molecular complexity index is 954. The van der Waals surface area contributed by atoms with Crippen LogP contribution in [-0.2, 0) is 4.74 Å². The lowest BCUT2D eigenvalue weighted by Gasteiger charge is -2.42. The van der Waals surface area contributed by atoms with Gasteiger partial charge in [-0.2, -0.15) is 0 Å². The maximum atomic E-state index is 15.5. The lowest BCUT2D eigenvalue weighted by atomic mass is 9.63. The van der Waals surface area contributed by atoms with Crippen LogP contribution >= 0.6 is 0 Å². The van der Waals surface area contributed by atoms with Gasteiger partial charge in [-0.1, -0.05) is 57.6 Å². The summed E-state index contributed by atoms with van der Waals surface area (Å²) in [4.78, 5) is 11.8. The predicted molar refractivity (Wildman–Crippen MR) is 125 cm³/mol. The first-order chi connectivity index (χ1) is 15.5. The van der Waals surface area contributed by atoms with E-state index in [9.17, 15) is 9.18 Å². The Morgan fingerprint density at radius 1 is 1.00 bits per heavy atom. The zero-order valence-electron chi connectivity index (χ0n) is 19.5. The molecule has 32 heavy (non-hydrogen) atoms. The van der Waals surface area contributed by atoms with Crippen LogP contribution in [0.25, 0.3) is 10.8 Å². The second kappa shape index (κ2) is 10.3. The summed E-state index contributed by atoms with van der Waals surface area (Å²) in [5.74, 6) is 0.710. The lowest BCUT2D eigenvalue weighted by Crippen LogP contribution is -2.30.